The van der Waals surface area contributed by atoms with Crippen molar-refractivity contribution in [3.05, 3.63) is 65.7 Å². The first kappa shape index (κ1) is 16.1. The van der Waals surface area contributed by atoms with E-state index in [9.17, 15) is 0 Å². The van der Waals surface area contributed by atoms with E-state index in [-0.39, 0.29) is 0 Å². The number of halogens is 1. The van der Waals surface area contributed by atoms with Gasteiger partial charge in [-0.2, -0.15) is 0 Å². The largest absolute Gasteiger partial charge is 0.497 e. The second kappa shape index (κ2) is 8.20. The molecule has 0 heterocycles. The molecular formula is C18H22BrNO. The molecule has 2 nitrogen and oxygen atoms in total. The van der Waals surface area contributed by atoms with Crippen LogP contribution in [-0.2, 0) is 6.54 Å². The Kier molecular flexibility index (Phi) is 6.27. The van der Waals surface area contributed by atoms with Gasteiger partial charge in [-0.15, -0.1) is 0 Å². The van der Waals surface area contributed by atoms with Gasteiger partial charge in [0.25, 0.3) is 0 Å². The van der Waals surface area contributed by atoms with E-state index in [4.69, 9.17) is 4.74 Å². The summed E-state index contributed by atoms with van der Waals surface area (Å²) in [5.74, 6) is 1.42. The molecule has 2 aromatic carbocycles. The third kappa shape index (κ3) is 4.87. The van der Waals surface area contributed by atoms with Crippen LogP contribution in [0.15, 0.2) is 54.6 Å². The molecular weight excluding hydrogens is 326 g/mol. The van der Waals surface area contributed by atoms with Gasteiger partial charge >= 0.3 is 0 Å². The summed E-state index contributed by atoms with van der Waals surface area (Å²) in [6.07, 6.45) is 0. The molecule has 0 saturated carbocycles. The average Bonchev–Trinajstić information content (AvgIpc) is 2.54. The minimum absolute atomic E-state index is 0.509. The van der Waals surface area contributed by atoms with Gasteiger partial charge in [0.2, 0.25) is 0 Å². The Morgan fingerprint density at radius 2 is 1.71 bits per heavy atom. The zero-order valence-electron chi connectivity index (χ0n) is 12.6. The molecule has 0 saturated heterocycles. The molecule has 0 aliphatic heterocycles. The Balaban J connectivity index is 1.94. The van der Waals surface area contributed by atoms with Crippen LogP contribution in [0.3, 0.4) is 0 Å². The SMILES string of the molecule is COc1ccc(CN(C)CC(CBr)c2ccccc2)cc1. The third-order valence-electron chi connectivity index (χ3n) is 3.60. The van der Waals surface area contributed by atoms with E-state index in [1.807, 2.05) is 12.1 Å². The van der Waals surface area contributed by atoms with E-state index >= 15 is 0 Å². The fourth-order valence-corrected chi connectivity index (χ4v) is 3.03. The van der Waals surface area contributed by atoms with Crippen LogP contribution in [0, 0.1) is 0 Å². The summed E-state index contributed by atoms with van der Waals surface area (Å²) in [6, 6.07) is 19.0. The normalized spacial score (nSPS) is 12.4. The van der Waals surface area contributed by atoms with E-state index in [1.54, 1.807) is 7.11 Å². The predicted octanol–water partition coefficient (Wildman–Crippen LogP) is 4.31. The van der Waals surface area contributed by atoms with Crippen LogP contribution in [0.25, 0.3) is 0 Å². The number of likely N-dealkylation sites (N-methyl/N-ethyl adjacent to an activating group) is 1. The summed E-state index contributed by atoms with van der Waals surface area (Å²) in [4.78, 5) is 2.36. The molecule has 1 atom stereocenters. The lowest BCUT2D eigenvalue weighted by molar-refractivity contribution is 0.311. The maximum absolute atomic E-state index is 5.19. The summed E-state index contributed by atoms with van der Waals surface area (Å²) < 4.78 is 5.19. The van der Waals surface area contributed by atoms with Gasteiger partial charge in [-0.3, -0.25) is 0 Å². The topological polar surface area (TPSA) is 12.5 Å². The van der Waals surface area contributed by atoms with Crippen molar-refractivity contribution in [2.45, 2.75) is 12.5 Å². The number of benzene rings is 2. The number of hydrogen-bond acceptors (Lipinski definition) is 2. The van der Waals surface area contributed by atoms with Crippen LogP contribution < -0.4 is 4.74 Å². The minimum atomic E-state index is 0.509. The van der Waals surface area contributed by atoms with Crippen LogP contribution >= 0.6 is 15.9 Å². The molecule has 21 heavy (non-hydrogen) atoms. The maximum Gasteiger partial charge on any atom is 0.118 e. The Hall–Kier alpha value is -1.32. The Labute approximate surface area is 135 Å². The molecule has 112 valence electrons. The number of alkyl halides is 1. The summed E-state index contributed by atoms with van der Waals surface area (Å²) >= 11 is 3.64. The Morgan fingerprint density at radius 3 is 2.29 bits per heavy atom. The van der Waals surface area contributed by atoms with E-state index in [0.717, 1.165) is 24.2 Å². The fourth-order valence-electron chi connectivity index (χ4n) is 2.45. The summed E-state index contributed by atoms with van der Waals surface area (Å²) in [7, 11) is 3.87. The van der Waals surface area contributed by atoms with Gasteiger partial charge < -0.3 is 9.64 Å². The highest BCUT2D eigenvalue weighted by Gasteiger charge is 2.12. The highest BCUT2D eigenvalue weighted by Crippen LogP contribution is 2.20. The van der Waals surface area contributed by atoms with Crippen molar-refractivity contribution in [1.29, 1.82) is 0 Å². The molecule has 2 rings (SSSR count). The third-order valence-corrected chi connectivity index (χ3v) is 4.38. The first-order valence-electron chi connectivity index (χ1n) is 7.15. The van der Waals surface area contributed by atoms with Gasteiger partial charge in [-0.25, -0.2) is 0 Å². The quantitative estimate of drug-likeness (QED) is 0.692. The van der Waals surface area contributed by atoms with Gasteiger partial charge in [0, 0.05) is 24.3 Å². The maximum atomic E-state index is 5.19. The molecule has 0 aromatic heterocycles. The highest BCUT2D eigenvalue weighted by molar-refractivity contribution is 9.09. The number of methoxy groups -OCH3 is 1. The molecule has 3 heteroatoms. The summed E-state index contributed by atoms with van der Waals surface area (Å²) in [6.45, 7) is 1.97. The van der Waals surface area contributed by atoms with Gasteiger partial charge in [0.05, 0.1) is 7.11 Å². The average molecular weight is 348 g/mol. The molecule has 1 unspecified atom stereocenters. The zero-order chi connectivity index (χ0) is 15.1. The van der Waals surface area contributed by atoms with E-state index < -0.39 is 0 Å². The lowest BCUT2D eigenvalue weighted by Crippen LogP contribution is -2.25. The molecule has 0 N–H and O–H groups in total. The molecule has 2 aromatic rings. The summed E-state index contributed by atoms with van der Waals surface area (Å²) in [5, 5.41) is 0.976. The number of ether oxygens (including phenoxy) is 1. The second-order valence-electron chi connectivity index (χ2n) is 5.31. The first-order valence-corrected chi connectivity index (χ1v) is 8.27. The highest BCUT2D eigenvalue weighted by atomic mass is 79.9. The monoisotopic (exact) mass is 347 g/mol. The molecule has 0 spiro atoms. The van der Waals surface area contributed by atoms with Crippen LogP contribution in [0.1, 0.15) is 17.0 Å². The second-order valence-corrected chi connectivity index (χ2v) is 5.95. The van der Waals surface area contributed by atoms with Crippen LogP contribution in [0.4, 0.5) is 0 Å². The Morgan fingerprint density at radius 1 is 1.05 bits per heavy atom. The van der Waals surface area contributed by atoms with Gasteiger partial charge in [-0.1, -0.05) is 58.4 Å². The van der Waals surface area contributed by atoms with Crippen molar-refractivity contribution >= 4 is 15.9 Å². The molecule has 0 aliphatic carbocycles. The molecule has 0 radical (unpaired) electrons. The lowest BCUT2D eigenvalue weighted by Gasteiger charge is -2.23. The van der Waals surface area contributed by atoms with Crippen molar-refractivity contribution in [2.24, 2.45) is 0 Å². The van der Waals surface area contributed by atoms with Crippen LogP contribution in [-0.4, -0.2) is 30.9 Å². The van der Waals surface area contributed by atoms with Crippen molar-refractivity contribution in [3.63, 3.8) is 0 Å². The smallest absolute Gasteiger partial charge is 0.118 e. The van der Waals surface area contributed by atoms with Crippen molar-refractivity contribution in [2.75, 3.05) is 26.0 Å². The van der Waals surface area contributed by atoms with E-state index in [2.05, 4.69) is 70.3 Å². The number of hydrogen-bond donors (Lipinski definition) is 0. The van der Waals surface area contributed by atoms with E-state index in [1.165, 1.54) is 11.1 Å². The van der Waals surface area contributed by atoms with Crippen LogP contribution in [0.2, 0.25) is 0 Å². The molecule has 0 amide bonds. The first-order chi connectivity index (χ1) is 10.2. The van der Waals surface area contributed by atoms with Crippen molar-refractivity contribution in [1.82, 2.24) is 4.90 Å². The van der Waals surface area contributed by atoms with Crippen molar-refractivity contribution < 1.29 is 4.74 Å². The van der Waals surface area contributed by atoms with Crippen LogP contribution in [0.5, 0.6) is 5.75 Å². The van der Waals surface area contributed by atoms with Gasteiger partial charge in [0.1, 0.15) is 5.75 Å². The summed E-state index contributed by atoms with van der Waals surface area (Å²) in [5.41, 5.74) is 2.69. The van der Waals surface area contributed by atoms with E-state index in [0.29, 0.717) is 5.92 Å². The van der Waals surface area contributed by atoms with Gasteiger partial charge in [0.15, 0.2) is 0 Å². The lowest BCUT2D eigenvalue weighted by atomic mass is 10.0. The standard InChI is InChI=1S/C18H22BrNO/c1-20(13-15-8-10-18(21-2)11-9-15)14-17(12-19)16-6-4-3-5-7-16/h3-11,17H,12-14H2,1-2H3. The predicted molar refractivity (Wildman–Crippen MR) is 92.3 cm³/mol. The number of rotatable bonds is 7. The zero-order valence-corrected chi connectivity index (χ0v) is 14.2. The molecule has 0 aliphatic rings. The minimum Gasteiger partial charge on any atom is -0.497 e. The van der Waals surface area contributed by atoms with Gasteiger partial charge in [-0.05, 0) is 30.3 Å². The fraction of sp³-hybridized carbons (Fsp3) is 0.333. The molecule has 0 bridgehead atoms. The number of nitrogens with zero attached hydrogens (tertiary/aromatic N) is 1. The Bertz CT molecular complexity index is 527. The van der Waals surface area contributed by atoms with Crippen molar-refractivity contribution in [3.8, 4) is 5.75 Å². The molecule has 0 fully saturated rings.